The first-order chi connectivity index (χ1) is 14.1. The maximum absolute atomic E-state index is 13.5. The Morgan fingerprint density at radius 1 is 1.03 bits per heavy atom. The van der Waals surface area contributed by atoms with Crippen LogP contribution in [0.4, 0.5) is 0 Å². The average Bonchev–Trinajstić information content (AvgIpc) is 3.26. The van der Waals surface area contributed by atoms with Crippen LogP contribution >= 0.6 is 0 Å². The summed E-state index contributed by atoms with van der Waals surface area (Å²) < 4.78 is 5.31. The zero-order chi connectivity index (χ0) is 20.3. The molecule has 1 saturated carbocycles. The zero-order valence-corrected chi connectivity index (χ0v) is 18.2. The third-order valence-corrected chi connectivity index (χ3v) is 7.53. The van der Waals surface area contributed by atoms with Gasteiger partial charge in [0.25, 0.3) is 0 Å². The zero-order valence-electron chi connectivity index (χ0n) is 18.2. The van der Waals surface area contributed by atoms with E-state index in [-0.39, 0.29) is 17.4 Å². The Bertz CT molecular complexity index is 676. The minimum Gasteiger partial charge on any atom is -0.497 e. The van der Waals surface area contributed by atoms with Crippen LogP contribution in [0.25, 0.3) is 0 Å². The molecule has 1 aromatic rings. The number of amides is 1. The third kappa shape index (κ3) is 4.46. The van der Waals surface area contributed by atoms with Gasteiger partial charge in [0.05, 0.1) is 12.5 Å². The van der Waals surface area contributed by atoms with Gasteiger partial charge in [-0.25, -0.2) is 0 Å². The highest BCUT2D eigenvalue weighted by molar-refractivity contribution is 5.89. The second-order valence-corrected chi connectivity index (χ2v) is 9.36. The number of nitrogens with one attached hydrogen (secondary N) is 1. The molecule has 0 bridgehead atoms. The quantitative estimate of drug-likeness (QED) is 0.826. The number of hydrogen-bond donors (Lipinski definition) is 1. The van der Waals surface area contributed by atoms with Gasteiger partial charge < -0.3 is 15.0 Å². The molecule has 0 radical (unpaired) electrons. The number of carbonyl (C=O) groups is 1. The molecule has 5 nitrogen and oxygen atoms in total. The molecule has 0 spiro atoms. The number of likely N-dealkylation sites (tertiary alicyclic amines) is 2. The van der Waals surface area contributed by atoms with E-state index in [2.05, 4.69) is 34.3 Å². The average molecular weight is 400 g/mol. The molecule has 0 aromatic heterocycles. The van der Waals surface area contributed by atoms with Gasteiger partial charge in [-0.15, -0.1) is 0 Å². The fraction of sp³-hybridized carbons (Fsp3) is 0.708. The number of methoxy groups -OCH3 is 1. The molecule has 29 heavy (non-hydrogen) atoms. The standard InChI is InChI=1S/C24H37N3O2/c1-26-16-11-21(12-17-26)27-15-5-6-20(18-27)25-23(28)24(13-3-4-14-24)19-7-9-22(29-2)10-8-19/h7-10,20-21H,3-6,11-18H2,1-2H3,(H,25,28)/t20-/m0/s1. The van der Waals surface area contributed by atoms with Crippen molar-refractivity contribution < 1.29 is 9.53 Å². The van der Waals surface area contributed by atoms with Gasteiger partial charge in [-0.05, 0) is 82.9 Å². The molecule has 2 heterocycles. The molecule has 1 aliphatic carbocycles. The van der Waals surface area contributed by atoms with Crippen LogP contribution in [0.1, 0.15) is 56.9 Å². The number of hydrogen-bond acceptors (Lipinski definition) is 4. The van der Waals surface area contributed by atoms with E-state index in [1.54, 1.807) is 7.11 Å². The van der Waals surface area contributed by atoms with E-state index < -0.39 is 0 Å². The van der Waals surface area contributed by atoms with Crippen LogP contribution in [0, 0.1) is 0 Å². The van der Waals surface area contributed by atoms with Gasteiger partial charge in [0, 0.05) is 18.6 Å². The summed E-state index contributed by atoms with van der Waals surface area (Å²) in [5, 5.41) is 3.48. The highest BCUT2D eigenvalue weighted by Crippen LogP contribution is 2.42. The molecule has 1 N–H and O–H groups in total. The number of ether oxygens (including phenoxy) is 1. The molecule has 1 amide bonds. The molecule has 5 heteroatoms. The van der Waals surface area contributed by atoms with Crippen molar-refractivity contribution >= 4 is 5.91 Å². The van der Waals surface area contributed by atoms with Crippen molar-refractivity contribution in [2.45, 2.75) is 68.9 Å². The van der Waals surface area contributed by atoms with Crippen molar-refractivity contribution in [3.8, 4) is 5.75 Å². The molecule has 2 saturated heterocycles. The van der Waals surface area contributed by atoms with Crippen molar-refractivity contribution in [2.24, 2.45) is 0 Å². The second kappa shape index (κ2) is 9.05. The lowest BCUT2D eigenvalue weighted by molar-refractivity contribution is -0.127. The smallest absolute Gasteiger partial charge is 0.230 e. The molecule has 3 fully saturated rings. The fourth-order valence-corrected chi connectivity index (χ4v) is 5.67. The van der Waals surface area contributed by atoms with E-state index >= 15 is 0 Å². The normalized spacial score (nSPS) is 26.3. The van der Waals surface area contributed by atoms with Crippen LogP contribution in [0.2, 0.25) is 0 Å². The molecular formula is C24H37N3O2. The first-order valence-electron chi connectivity index (χ1n) is 11.5. The van der Waals surface area contributed by atoms with Gasteiger partial charge in [0.2, 0.25) is 5.91 Å². The van der Waals surface area contributed by atoms with Gasteiger partial charge >= 0.3 is 0 Å². The number of benzene rings is 1. The molecule has 2 aliphatic heterocycles. The summed E-state index contributed by atoms with van der Waals surface area (Å²) >= 11 is 0. The largest absolute Gasteiger partial charge is 0.497 e. The van der Waals surface area contributed by atoms with Crippen LogP contribution in [-0.4, -0.2) is 68.1 Å². The lowest BCUT2D eigenvalue weighted by atomic mass is 9.77. The van der Waals surface area contributed by atoms with Crippen LogP contribution in [0.15, 0.2) is 24.3 Å². The van der Waals surface area contributed by atoms with Gasteiger partial charge in [-0.2, -0.15) is 0 Å². The molecule has 0 unspecified atom stereocenters. The van der Waals surface area contributed by atoms with E-state index in [4.69, 9.17) is 4.74 Å². The van der Waals surface area contributed by atoms with E-state index in [0.717, 1.165) is 50.0 Å². The summed E-state index contributed by atoms with van der Waals surface area (Å²) in [5.41, 5.74) is 0.790. The van der Waals surface area contributed by atoms with Crippen LogP contribution < -0.4 is 10.1 Å². The molecular weight excluding hydrogens is 362 g/mol. The summed E-state index contributed by atoms with van der Waals surface area (Å²) in [5.74, 6) is 1.10. The van der Waals surface area contributed by atoms with E-state index in [1.165, 1.54) is 38.9 Å². The predicted octanol–water partition coefficient (Wildman–Crippen LogP) is 3.18. The fourth-order valence-electron chi connectivity index (χ4n) is 5.67. The van der Waals surface area contributed by atoms with Gasteiger partial charge in [0.1, 0.15) is 5.75 Å². The maximum Gasteiger partial charge on any atom is 0.230 e. The second-order valence-electron chi connectivity index (χ2n) is 9.36. The molecule has 160 valence electrons. The van der Waals surface area contributed by atoms with Gasteiger partial charge in [-0.3, -0.25) is 9.69 Å². The predicted molar refractivity (Wildman–Crippen MR) is 116 cm³/mol. The Balaban J connectivity index is 1.42. The summed E-state index contributed by atoms with van der Waals surface area (Å²) in [7, 11) is 3.90. The minimum absolute atomic E-state index is 0.246. The third-order valence-electron chi connectivity index (χ3n) is 7.53. The topological polar surface area (TPSA) is 44.8 Å². The van der Waals surface area contributed by atoms with Crippen LogP contribution in [0.5, 0.6) is 5.75 Å². The highest BCUT2D eigenvalue weighted by Gasteiger charge is 2.43. The minimum atomic E-state index is -0.359. The maximum atomic E-state index is 13.5. The number of nitrogens with zero attached hydrogens (tertiary/aromatic N) is 2. The summed E-state index contributed by atoms with van der Waals surface area (Å²) in [6, 6.07) is 9.14. The number of carbonyl (C=O) groups excluding carboxylic acids is 1. The first-order valence-corrected chi connectivity index (χ1v) is 11.5. The van der Waals surface area contributed by atoms with Crippen molar-refractivity contribution in [2.75, 3.05) is 40.3 Å². The van der Waals surface area contributed by atoms with Crippen molar-refractivity contribution in [3.63, 3.8) is 0 Å². The lowest BCUT2D eigenvalue weighted by Crippen LogP contribution is -2.55. The first kappa shape index (κ1) is 20.7. The Morgan fingerprint density at radius 3 is 2.38 bits per heavy atom. The number of rotatable bonds is 5. The SMILES string of the molecule is COc1ccc(C2(C(=O)N[C@H]3CCCN(C4CCN(C)CC4)C3)CCCC2)cc1. The summed E-state index contributed by atoms with van der Waals surface area (Å²) in [6.45, 7) is 4.58. The summed E-state index contributed by atoms with van der Waals surface area (Å²) in [4.78, 5) is 18.6. The highest BCUT2D eigenvalue weighted by atomic mass is 16.5. The van der Waals surface area contributed by atoms with Crippen LogP contribution in [-0.2, 0) is 10.2 Å². The van der Waals surface area contributed by atoms with Gasteiger partial charge in [-0.1, -0.05) is 25.0 Å². The Morgan fingerprint density at radius 2 is 1.72 bits per heavy atom. The molecule has 1 atom stereocenters. The molecule has 4 rings (SSSR count). The monoisotopic (exact) mass is 399 g/mol. The van der Waals surface area contributed by atoms with Crippen molar-refractivity contribution in [3.05, 3.63) is 29.8 Å². The summed E-state index contributed by atoms with van der Waals surface area (Å²) in [6.07, 6.45) is 8.98. The lowest BCUT2D eigenvalue weighted by Gasteiger charge is -2.42. The Kier molecular flexibility index (Phi) is 6.45. The van der Waals surface area contributed by atoms with Crippen LogP contribution in [0.3, 0.4) is 0 Å². The van der Waals surface area contributed by atoms with Gasteiger partial charge in [0.15, 0.2) is 0 Å². The Hall–Kier alpha value is -1.59. The van der Waals surface area contributed by atoms with E-state index in [0.29, 0.717) is 6.04 Å². The molecule has 1 aromatic carbocycles. The van der Waals surface area contributed by atoms with E-state index in [1.807, 2.05) is 12.1 Å². The molecule has 3 aliphatic rings. The van der Waals surface area contributed by atoms with Crippen molar-refractivity contribution in [1.82, 2.24) is 15.1 Å². The van der Waals surface area contributed by atoms with Crippen molar-refractivity contribution in [1.29, 1.82) is 0 Å². The number of piperidine rings is 2. The Labute approximate surface area is 175 Å². The van der Waals surface area contributed by atoms with E-state index in [9.17, 15) is 4.79 Å².